The SMILES string of the molecule is Cl.FC(F)(F)C(F)(F)C(F)(F)C(F)(F)P. The summed E-state index contributed by atoms with van der Waals surface area (Å²) < 4.78 is 105. The zero-order valence-electron chi connectivity index (χ0n) is 6.39. The maximum Gasteiger partial charge on any atom is 0.460 e. The zero-order chi connectivity index (χ0) is 12.0. The number of rotatable bonds is 2. The molecule has 0 nitrogen and oxygen atoms in total. The van der Waals surface area contributed by atoms with E-state index in [9.17, 15) is 39.5 Å². The molecule has 1 unspecified atom stereocenters. The van der Waals surface area contributed by atoms with Gasteiger partial charge < -0.3 is 0 Å². The lowest BCUT2D eigenvalue weighted by Crippen LogP contribution is -2.58. The van der Waals surface area contributed by atoms with Crippen LogP contribution in [0.5, 0.6) is 0 Å². The largest absolute Gasteiger partial charge is 0.460 e. The Kier molecular flexibility index (Phi) is 4.85. The Hall–Kier alpha value is 0.0900. The van der Waals surface area contributed by atoms with Gasteiger partial charge in [-0.2, -0.15) is 39.5 Å². The molecule has 1 atom stereocenters. The second kappa shape index (κ2) is 4.16. The third-order valence-electron chi connectivity index (χ3n) is 1.17. The summed E-state index contributed by atoms with van der Waals surface area (Å²) in [5, 5.41) is 0. The molecule has 0 amide bonds. The minimum absolute atomic E-state index is 0. The van der Waals surface area contributed by atoms with Crippen LogP contribution < -0.4 is 0 Å². The summed E-state index contributed by atoms with van der Waals surface area (Å²) >= 11 is 0. The molecule has 0 rings (SSSR count). The fourth-order valence-corrected chi connectivity index (χ4v) is 0.569. The fourth-order valence-electron chi connectivity index (χ4n) is 0.387. The summed E-state index contributed by atoms with van der Waals surface area (Å²) in [6, 6.07) is 0. The molecule has 0 aromatic carbocycles. The van der Waals surface area contributed by atoms with Crippen LogP contribution in [0.4, 0.5) is 39.5 Å². The fraction of sp³-hybridized carbons (Fsp3) is 1.00. The van der Waals surface area contributed by atoms with Gasteiger partial charge >= 0.3 is 23.7 Å². The summed E-state index contributed by atoms with van der Waals surface area (Å²) in [5.41, 5.74) is -5.55. The molecule has 0 fully saturated rings. The summed E-state index contributed by atoms with van der Waals surface area (Å²) in [6.07, 6.45) is -6.74. The van der Waals surface area contributed by atoms with Crippen molar-refractivity contribution in [2.24, 2.45) is 0 Å². The van der Waals surface area contributed by atoms with Crippen LogP contribution in [0.2, 0.25) is 0 Å². The molecule has 0 spiro atoms. The van der Waals surface area contributed by atoms with E-state index in [4.69, 9.17) is 0 Å². The summed E-state index contributed by atoms with van der Waals surface area (Å²) in [7, 11) is -0.0576. The highest BCUT2D eigenvalue weighted by molar-refractivity contribution is 7.18. The quantitative estimate of drug-likeness (QED) is 0.537. The predicted molar refractivity (Wildman–Crippen MR) is 37.9 cm³/mol. The minimum Gasteiger partial charge on any atom is -0.195 e. The van der Waals surface area contributed by atoms with Gasteiger partial charge in [-0.1, -0.05) is 9.24 Å². The smallest absolute Gasteiger partial charge is 0.195 e. The van der Waals surface area contributed by atoms with E-state index in [-0.39, 0.29) is 21.6 Å². The summed E-state index contributed by atoms with van der Waals surface area (Å²) in [5.74, 6) is -13.3. The number of halogens is 10. The third-order valence-corrected chi connectivity index (χ3v) is 1.53. The molecular formula is C4H3ClF9P. The first-order valence-electron chi connectivity index (χ1n) is 2.74. The van der Waals surface area contributed by atoms with E-state index in [1.165, 1.54) is 0 Å². The van der Waals surface area contributed by atoms with Gasteiger partial charge in [-0.15, -0.1) is 12.4 Å². The van der Waals surface area contributed by atoms with Crippen molar-refractivity contribution in [1.29, 1.82) is 0 Å². The van der Waals surface area contributed by atoms with Crippen LogP contribution in [0, 0.1) is 0 Å². The van der Waals surface area contributed by atoms with Gasteiger partial charge in [-0.3, -0.25) is 0 Å². The molecule has 0 aliphatic rings. The third kappa shape index (κ3) is 2.81. The molecule has 0 bridgehead atoms. The van der Waals surface area contributed by atoms with Crippen molar-refractivity contribution in [3.05, 3.63) is 0 Å². The zero-order valence-corrected chi connectivity index (χ0v) is 8.36. The van der Waals surface area contributed by atoms with Crippen LogP contribution >= 0.6 is 21.6 Å². The van der Waals surface area contributed by atoms with Crippen LogP contribution in [0.3, 0.4) is 0 Å². The number of hydrogen-bond acceptors (Lipinski definition) is 0. The van der Waals surface area contributed by atoms with Crippen LogP contribution in [0.25, 0.3) is 0 Å². The maximum atomic E-state index is 12.0. The van der Waals surface area contributed by atoms with Crippen molar-refractivity contribution in [2.45, 2.75) is 23.7 Å². The Morgan fingerprint density at radius 3 is 0.933 bits per heavy atom. The molecule has 11 heteroatoms. The van der Waals surface area contributed by atoms with Gasteiger partial charge in [0.2, 0.25) is 0 Å². The van der Waals surface area contributed by atoms with E-state index in [0.717, 1.165) is 0 Å². The highest BCUT2D eigenvalue weighted by atomic mass is 35.5. The Balaban J connectivity index is 0. The van der Waals surface area contributed by atoms with Crippen molar-refractivity contribution in [3.63, 3.8) is 0 Å². The van der Waals surface area contributed by atoms with Crippen LogP contribution in [-0.2, 0) is 0 Å². The molecular weight excluding hydrogens is 285 g/mol. The lowest BCUT2D eigenvalue weighted by molar-refractivity contribution is -0.381. The molecule has 0 radical (unpaired) electrons. The Bertz CT molecular complexity index is 191. The molecule has 0 aromatic heterocycles. The van der Waals surface area contributed by atoms with E-state index in [0.29, 0.717) is 0 Å². The van der Waals surface area contributed by atoms with Gasteiger partial charge in [0.15, 0.2) is 0 Å². The van der Waals surface area contributed by atoms with E-state index >= 15 is 0 Å². The average Bonchev–Trinajstić information content (AvgIpc) is 1.81. The van der Waals surface area contributed by atoms with Crippen molar-refractivity contribution >= 4 is 21.6 Å². The van der Waals surface area contributed by atoms with E-state index in [1.807, 2.05) is 0 Å². The lowest BCUT2D eigenvalue weighted by atomic mass is 10.1. The molecule has 0 aromatic rings. The van der Waals surface area contributed by atoms with E-state index in [1.54, 1.807) is 0 Å². The van der Waals surface area contributed by atoms with Crippen molar-refractivity contribution in [2.75, 3.05) is 0 Å². The van der Waals surface area contributed by atoms with Crippen LogP contribution in [0.15, 0.2) is 0 Å². The molecule has 0 aliphatic carbocycles. The van der Waals surface area contributed by atoms with Gasteiger partial charge in [-0.05, 0) is 0 Å². The van der Waals surface area contributed by atoms with Crippen molar-refractivity contribution in [1.82, 2.24) is 0 Å². The predicted octanol–water partition coefficient (Wildman–Crippen LogP) is 3.71. The van der Waals surface area contributed by atoms with Gasteiger partial charge in [-0.25, -0.2) is 0 Å². The van der Waals surface area contributed by atoms with Crippen molar-refractivity contribution < 1.29 is 39.5 Å². The molecule has 0 aliphatic heterocycles. The Labute approximate surface area is 85.8 Å². The van der Waals surface area contributed by atoms with Crippen LogP contribution in [0.1, 0.15) is 0 Å². The highest BCUT2D eigenvalue weighted by Gasteiger charge is 2.80. The first-order chi connectivity index (χ1) is 5.75. The number of alkyl halides is 9. The highest BCUT2D eigenvalue weighted by Crippen LogP contribution is 2.54. The molecule has 94 valence electrons. The van der Waals surface area contributed by atoms with Gasteiger partial charge in [0.1, 0.15) is 0 Å². The second-order valence-corrected chi connectivity index (χ2v) is 2.99. The molecule has 15 heavy (non-hydrogen) atoms. The standard InChI is InChI=1S/C4H2F9P.ClH/c5-1(6,3(9,10)11)2(7,8)4(12,13)14;/h14H2;1H. The maximum absolute atomic E-state index is 12.0. The van der Waals surface area contributed by atoms with E-state index in [2.05, 4.69) is 0 Å². The summed E-state index contributed by atoms with van der Waals surface area (Å²) in [4.78, 5) is 0. The average molecular weight is 288 g/mol. The molecule has 0 heterocycles. The first-order valence-corrected chi connectivity index (χ1v) is 3.32. The minimum atomic E-state index is -6.79. The van der Waals surface area contributed by atoms with Gasteiger partial charge in [0, 0.05) is 0 Å². The Morgan fingerprint density at radius 2 is 0.867 bits per heavy atom. The second-order valence-electron chi connectivity index (χ2n) is 2.27. The normalized spacial score (nSPS) is 14.8. The first kappa shape index (κ1) is 17.5. The topological polar surface area (TPSA) is 0 Å². The van der Waals surface area contributed by atoms with Crippen molar-refractivity contribution in [3.8, 4) is 0 Å². The lowest BCUT2D eigenvalue weighted by Gasteiger charge is -2.31. The molecule has 0 saturated carbocycles. The molecule has 0 saturated heterocycles. The summed E-state index contributed by atoms with van der Waals surface area (Å²) in [6.45, 7) is 0. The van der Waals surface area contributed by atoms with Crippen LogP contribution in [-0.4, -0.2) is 23.7 Å². The number of hydrogen-bond donors (Lipinski definition) is 0. The Morgan fingerprint density at radius 1 is 0.600 bits per heavy atom. The molecule has 0 N–H and O–H groups in total. The van der Waals surface area contributed by atoms with E-state index < -0.39 is 23.7 Å². The van der Waals surface area contributed by atoms with Gasteiger partial charge in [0.25, 0.3) is 0 Å². The van der Waals surface area contributed by atoms with Gasteiger partial charge in [0.05, 0.1) is 0 Å². The monoisotopic (exact) mass is 288 g/mol.